The number of pyridine rings is 1. The third-order valence-corrected chi connectivity index (χ3v) is 3.67. The summed E-state index contributed by atoms with van der Waals surface area (Å²) in [4.78, 5) is 16.7. The zero-order valence-corrected chi connectivity index (χ0v) is 13.1. The van der Waals surface area contributed by atoms with Gasteiger partial charge in [0.15, 0.2) is 0 Å². The van der Waals surface area contributed by atoms with Crippen molar-refractivity contribution in [2.75, 3.05) is 5.32 Å². The molecule has 4 nitrogen and oxygen atoms in total. The van der Waals surface area contributed by atoms with Gasteiger partial charge in [-0.25, -0.2) is 4.98 Å². The number of benzene rings is 1. The molecule has 3 aromatic rings. The minimum absolute atomic E-state index is 0.0409. The SMILES string of the molecule is CC(C)C(=O)Nc1c(-c2ccc(Cl)cc2)nc2ccccn12. The lowest BCUT2D eigenvalue weighted by molar-refractivity contribution is -0.118. The number of hydrogen-bond donors (Lipinski definition) is 1. The highest BCUT2D eigenvalue weighted by molar-refractivity contribution is 6.30. The zero-order chi connectivity index (χ0) is 15.7. The fourth-order valence-electron chi connectivity index (χ4n) is 2.19. The number of imidazole rings is 1. The highest BCUT2D eigenvalue weighted by Gasteiger charge is 2.17. The molecule has 0 aliphatic heterocycles. The van der Waals surface area contributed by atoms with Gasteiger partial charge in [-0.1, -0.05) is 43.6 Å². The Labute approximate surface area is 133 Å². The first kappa shape index (κ1) is 14.6. The smallest absolute Gasteiger partial charge is 0.228 e. The van der Waals surface area contributed by atoms with E-state index in [9.17, 15) is 4.79 Å². The number of nitrogens with one attached hydrogen (secondary N) is 1. The second-order valence-corrected chi connectivity index (χ2v) is 5.83. The summed E-state index contributed by atoms with van der Waals surface area (Å²) < 4.78 is 1.88. The van der Waals surface area contributed by atoms with Crippen LogP contribution in [0.4, 0.5) is 5.82 Å². The van der Waals surface area contributed by atoms with Crippen LogP contribution in [-0.4, -0.2) is 15.3 Å². The minimum atomic E-state index is -0.104. The van der Waals surface area contributed by atoms with Crippen molar-refractivity contribution in [2.45, 2.75) is 13.8 Å². The summed E-state index contributed by atoms with van der Waals surface area (Å²) in [6, 6.07) is 13.2. The molecule has 0 atom stereocenters. The van der Waals surface area contributed by atoms with Crippen LogP contribution >= 0.6 is 11.6 Å². The maximum Gasteiger partial charge on any atom is 0.228 e. The predicted molar refractivity (Wildman–Crippen MR) is 89.1 cm³/mol. The first-order valence-corrected chi connectivity index (χ1v) is 7.48. The average molecular weight is 314 g/mol. The van der Waals surface area contributed by atoms with Gasteiger partial charge in [0, 0.05) is 22.7 Å². The van der Waals surface area contributed by atoms with Gasteiger partial charge in [0.25, 0.3) is 0 Å². The van der Waals surface area contributed by atoms with Crippen molar-refractivity contribution < 1.29 is 4.79 Å². The highest BCUT2D eigenvalue weighted by Crippen LogP contribution is 2.29. The summed E-state index contributed by atoms with van der Waals surface area (Å²) in [6.45, 7) is 3.72. The third kappa shape index (κ3) is 2.70. The molecule has 0 spiro atoms. The molecule has 2 heterocycles. The lowest BCUT2D eigenvalue weighted by Crippen LogP contribution is -2.19. The molecular formula is C17H16ClN3O. The molecule has 5 heteroatoms. The van der Waals surface area contributed by atoms with Gasteiger partial charge in [-0.05, 0) is 24.3 Å². The lowest BCUT2D eigenvalue weighted by atomic mass is 10.1. The predicted octanol–water partition coefficient (Wildman–Crippen LogP) is 4.25. The fourth-order valence-corrected chi connectivity index (χ4v) is 2.31. The van der Waals surface area contributed by atoms with Crippen molar-refractivity contribution in [1.82, 2.24) is 9.38 Å². The number of amides is 1. The van der Waals surface area contributed by atoms with Crippen molar-refractivity contribution in [1.29, 1.82) is 0 Å². The topological polar surface area (TPSA) is 46.4 Å². The Bertz CT molecular complexity index is 822. The van der Waals surface area contributed by atoms with Crippen LogP contribution in [0, 0.1) is 5.92 Å². The van der Waals surface area contributed by atoms with E-state index < -0.39 is 0 Å². The van der Waals surface area contributed by atoms with E-state index in [1.807, 2.05) is 66.9 Å². The molecule has 0 saturated heterocycles. The van der Waals surface area contributed by atoms with E-state index in [2.05, 4.69) is 10.3 Å². The zero-order valence-electron chi connectivity index (χ0n) is 12.4. The average Bonchev–Trinajstić information content (AvgIpc) is 2.87. The second-order valence-electron chi connectivity index (χ2n) is 5.39. The summed E-state index contributed by atoms with van der Waals surface area (Å²) in [5, 5.41) is 3.64. The number of carbonyl (C=O) groups is 1. The summed E-state index contributed by atoms with van der Waals surface area (Å²) >= 11 is 5.95. The Balaban J connectivity index is 2.16. The van der Waals surface area contributed by atoms with E-state index in [4.69, 9.17) is 11.6 Å². The second kappa shape index (κ2) is 5.81. The molecule has 0 aliphatic rings. The third-order valence-electron chi connectivity index (χ3n) is 3.41. The summed E-state index contributed by atoms with van der Waals surface area (Å²) in [6.07, 6.45) is 1.89. The number of nitrogens with zero attached hydrogens (tertiary/aromatic N) is 2. The minimum Gasteiger partial charge on any atom is -0.310 e. The van der Waals surface area contributed by atoms with Crippen LogP contribution in [0.3, 0.4) is 0 Å². The van der Waals surface area contributed by atoms with Crippen molar-refractivity contribution in [3.8, 4) is 11.3 Å². The quantitative estimate of drug-likeness (QED) is 0.785. The number of rotatable bonds is 3. The van der Waals surface area contributed by atoms with Gasteiger partial charge in [0.2, 0.25) is 5.91 Å². The van der Waals surface area contributed by atoms with E-state index in [0.29, 0.717) is 10.8 Å². The molecule has 1 amide bonds. The molecule has 0 saturated carbocycles. The van der Waals surface area contributed by atoms with Crippen molar-refractivity contribution in [3.05, 3.63) is 53.7 Å². The number of aromatic nitrogens is 2. The molecule has 22 heavy (non-hydrogen) atoms. The summed E-state index contributed by atoms with van der Waals surface area (Å²) in [7, 11) is 0. The molecule has 0 aliphatic carbocycles. The van der Waals surface area contributed by atoms with Crippen molar-refractivity contribution in [3.63, 3.8) is 0 Å². The molecule has 0 radical (unpaired) electrons. The van der Waals surface area contributed by atoms with Crippen LogP contribution < -0.4 is 5.32 Å². The Kier molecular flexibility index (Phi) is 3.86. The molecule has 3 rings (SSSR count). The van der Waals surface area contributed by atoms with E-state index in [0.717, 1.165) is 16.9 Å². The van der Waals surface area contributed by atoms with Crippen molar-refractivity contribution in [2.24, 2.45) is 5.92 Å². The Morgan fingerprint density at radius 1 is 1.18 bits per heavy atom. The van der Waals surface area contributed by atoms with E-state index in [1.165, 1.54) is 0 Å². The van der Waals surface area contributed by atoms with Gasteiger partial charge in [-0.3, -0.25) is 9.20 Å². The molecule has 0 unspecified atom stereocenters. The lowest BCUT2D eigenvalue weighted by Gasteiger charge is -2.09. The fraction of sp³-hybridized carbons (Fsp3) is 0.176. The van der Waals surface area contributed by atoms with Crippen LogP contribution in [0.25, 0.3) is 16.9 Å². The van der Waals surface area contributed by atoms with Gasteiger partial charge in [-0.15, -0.1) is 0 Å². The molecule has 0 fully saturated rings. The first-order valence-electron chi connectivity index (χ1n) is 7.10. The largest absolute Gasteiger partial charge is 0.310 e. The van der Waals surface area contributed by atoms with Crippen LogP contribution in [0.15, 0.2) is 48.7 Å². The van der Waals surface area contributed by atoms with Gasteiger partial charge in [0.1, 0.15) is 17.2 Å². The van der Waals surface area contributed by atoms with Crippen LogP contribution in [0.5, 0.6) is 0 Å². The van der Waals surface area contributed by atoms with Crippen LogP contribution in [0.2, 0.25) is 5.02 Å². The van der Waals surface area contributed by atoms with E-state index in [-0.39, 0.29) is 11.8 Å². The summed E-state index contributed by atoms with van der Waals surface area (Å²) in [5.74, 6) is 0.532. The first-order chi connectivity index (χ1) is 10.6. The molecular weight excluding hydrogens is 298 g/mol. The molecule has 2 aromatic heterocycles. The number of halogens is 1. The highest BCUT2D eigenvalue weighted by atomic mass is 35.5. The molecule has 1 N–H and O–H groups in total. The standard InChI is InChI=1S/C17H16ClN3O/c1-11(2)17(22)20-16-15(12-6-8-13(18)9-7-12)19-14-5-3-4-10-21(14)16/h3-11H,1-2H3,(H,20,22). The number of hydrogen-bond acceptors (Lipinski definition) is 2. The van der Waals surface area contributed by atoms with Gasteiger partial charge >= 0.3 is 0 Å². The van der Waals surface area contributed by atoms with E-state index >= 15 is 0 Å². The Hall–Kier alpha value is -2.33. The number of anilines is 1. The Morgan fingerprint density at radius 2 is 1.91 bits per heavy atom. The van der Waals surface area contributed by atoms with E-state index in [1.54, 1.807) is 0 Å². The number of fused-ring (bicyclic) bond motifs is 1. The summed E-state index contributed by atoms with van der Waals surface area (Å²) in [5.41, 5.74) is 2.43. The molecule has 0 bridgehead atoms. The van der Waals surface area contributed by atoms with Gasteiger partial charge < -0.3 is 5.32 Å². The number of carbonyl (C=O) groups excluding carboxylic acids is 1. The normalized spacial score (nSPS) is 11.1. The molecule has 112 valence electrons. The maximum absolute atomic E-state index is 12.1. The Morgan fingerprint density at radius 3 is 2.59 bits per heavy atom. The van der Waals surface area contributed by atoms with Gasteiger partial charge in [-0.2, -0.15) is 0 Å². The van der Waals surface area contributed by atoms with Gasteiger partial charge in [0.05, 0.1) is 0 Å². The van der Waals surface area contributed by atoms with Crippen LogP contribution in [-0.2, 0) is 4.79 Å². The van der Waals surface area contributed by atoms with Crippen LogP contribution in [0.1, 0.15) is 13.8 Å². The van der Waals surface area contributed by atoms with Crippen molar-refractivity contribution >= 4 is 29.0 Å². The monoisotopic (exact) mass is 313 g/mol. The molecule has 1 aromatic carbocycles. The maximum atomic E-state index is 12.1.